The second-order valence-corrected chi connectivity index (χ2v) is 4.56. The van der Waals surface area contributed by atoms with Gasteiger partial charge in [-0.15, -0.1) is 0 Å². The topological polar surface area (TPSA) is 47.0 Å². The fourth-order valence-corrected chi connectivity index (χ4v) is 2.13. The van der Waals surface area contributed by atoms with Crippen LogP contribution in [0.4, 0.5) is 10.2 Å². The second-order valence-electron chi connectivity index (χ2n) is 4.56. The van der Waals surface area contributed by atoms with Crippen molar-refractivity contribution in [2.45, 2.75) is 6.54 Å². The van der Waals surface area contributed by atoms with Crippen molar-refractivity contribution in [2.75, 3.05) is 12.4 Å². The Morgan fingerprint density at radius 2 is 1.90 bits per heavy atom. The van der Waals surface area contributed by atoms with Crippen molar-refractivity contribution in [1.29, 1.82) is 0 Å². The number of hydrogen-bond acceptors (Lipinski definition) is 4. The van der Waals surface area contributed by atoms with E-state index in [4.69, 9.17) is 4.74 Å². The van der Waals surface area contributed by atoms with Crippen molar-refractivity contribution in [1.82, 2.24) is 9.97 Å². The van der Waals surface area contributed by atoms with Crippen molar-refractivity contribution in [3.05, 3.63) is 60.2 Å². The number of aromatic nitrogens is 2. The highest BCUT2D eigenvalue weighted by atomic mass is 19.1. The van der Waals surface area contributed by atoms with Gasteiger partial charge in [-0.2, -0.15) is 0 Å². The first kappa shape index (κ1) is 13.3. The molecule has 0 aliphatic rings. The molecular weight excluding hydrogens is 269 g/mol. The second kappa shape index (κ2) is 5.75. The van der Waals surface area contributed by atoms with Crippen LogP contribution in [0.3, 0.4) is 0 Å². The van der Waals surface area contributed by atoms with Crippen molar-refractivity contribution >= 4 is 16.7 Å². The average molecular weight is 283 g/mol. The van der Waals surface area contributed by atoms with E-state index in [9.17, 15) is 4.39 Å². The molecule has 0 amide bonds. The first-order valence-corrected chi connectivity index (χ1v) is 6.54. The van der Waals surface area contributed by atoms with Crippen LogP contribution >= 0.6 is 0 Å². The Morgan fingerprint density at radius 1 is 1.10 bits per heavy atom. The summed E-state index contributed by atoms with van der Waals surface area (Å²) in [5.41, 5.74) is 1.64. The maximum Gasteiger partial charge on any atom is 0.140 e. The number of methoxy groups -OCH3 is 1. The molecule has 0 radical (unpaired) electrons. The molecule has 3 rings (SSSR count). The zero-order valence-electron chi connectivity index (χ0n) is 11.5. The maximum atomic E-state index is 13.9. The Kier molecular flexibility index (Phi) is 3.64. The van der Waals surface area contributed by atoms with Crippen LogP contribution in [0.5, 0.6) is 5.75 Å². The van der Waals surface area contributed by atoms with E-state index in [-0.39, 0.29) is 5.82 Å². The van der Waals surface area contributed by atoms with Gasteiger partial charge in [0.05, 0.1) is 18.0 Å². The van der Waals surface area contributed by atoms with Crippen molar-refractivity contribution in [3.8, 4) is 5.75 Å². The molecule has 0 spiro atoms. The molecule has 0 unspecified atom stereocenters. The number of nitrogens with one attached hydrogen (secondary N) is 1. The van der Waals surface area contributed by atoms with Gasteiger partial charge >= 0.3 is 0 Å². The van der Waals surface area contributed by atoms with Gasteiger partial charge < -0.3 is 10.1 Å². The molecule has 21 heavy (non-hydrogen) atoms. The molecule has 5 heteroatoms. The highest BCUT2D eigenvalue weighted by molar-refractivity contribution is 5.89. The minimum atomic E-state index is -0.328. The Bertz CT molecular complexity index is 754. The molecule has 0 fully saturated rings. The van der Waals surface area contributed by atoms with Gasteiger partial charge in [0, 0.05) is 6.54 Å². The molecule has 106 valence electrons. The van der Waals surface area contributed by atoms with Crippen LogP contribution in [0.15, 0.2) is 48.8 Å². The van der Waals surface area contributed by atoms with E-state index < -0.39 is 0 Å². The van der Waals surface area contributed by atoms with Gasteiger partial charge in [0.1, 0.15) is 23.7 Å². The number of nitrogens with zero attached hydrogens (tertiary/aromatic N) is 2. The summed E-state index contributed by atoms with van der Waals surface area (Å²) in [6.07, 6.45) is 1.43. The van der Waals surface area contributed by atoms with E-state index in [0.29, 0.717) is 23.3 Å². The number of rotatable bonds is 4. The lowest BCUT2D eigenvalue weighted by Crippen LogP contribution is -2.03. The Hall–Kier alpha value is -2.69. The quantitative estimate of drug-likeness (QED) is 0.797. The summed E-state index contributed by atoms with van der Waals surface area (Å²) >= 11 is 0. The fraction of sp³-hybridized carbons (Fsp3) is 0.125. The normalized spacial score (nSPS) is 10.6. The molecule has 4 nitrogen and oxygen atoms in total. The van der Waals surface area contributed by atoms with Crippen LogP contribution in [0.1, 0.15) is 5.56 Å². The Labute approximate surface area is 121 Å². The van der Waals surface area contributed by atoms with E-state index in [1.165, 1.54) is 12.4 Å². The summed E-state index contributed by atoms with van der Waals surface area (Å²) in [4.78, 5) is 8.20. The van der Waals surface area contributed by atoms with Gasteiger partial charge in [-0.1, -0.05) is 18.2 Å². The number of anilines is 1. The molecule has 1 N–H and O–H groups in total. The highest BCUT2D eigenvalue weighted by Gasteiger charge is 2.08. The molecule has 0 aliphatic carbocycles. The van der Waals surface area contributed by atoms with Crippen LogP contribution in [0.2, 0.25) is 0 Å². The lowest BCUT2D eigenvalue weighted by atomic mass is 10.2. The third-order valence-corrected chi connectivity index (χ3v) is 3.23. The zero-order chi connectivity index (χ0) is 14.7. The van der Waals surface area contributed by atoms with Gasteiger partial charge in [0.25, 0.3) is 0 Å². The van der Waals surface area contributed by atoms with Crippen LogP contribution < -0.4 is 10.1 Å². The molecule has 1 aromatic heterocycles. The van der Waals surface area contributed by atoms with Gasteiger partial charge in [-0.25, -0.2) is 14.4 Å². The summed E-state index contributed by atoms with van der Waals surface area (Å²) in [6.45, 7) is 0.546. The van der Waals surface area contributed by atoms with E-state index in [1.807, 2.05) is 24.3 Å². The Balaban J connectivity index is 1.84. The maximum absolute atomic E-state index is 13.9. The van der Waals surface area contributed by atoms with E-state index in [2.05, 4.69) is 15.3 Å². The van der Waals surface area contributed by atoms with Gasteiger partial charge in [-0.3, -0.25) is 0 Å². The average Bonchev–Trinajstić information content (AvgIpc) is 2.53. The SMILES string of the molecule is COc1ccc(CNc2ncnc3cccc(F)c23)cc1. The number of fused-ring (bicyclic) bond motifs is 1. The predicted molar refractivity (Wildman–Crippen MR) is 79.8 cm³/mol. The van der Waals surface area contributed by atoms with Crippen LogP contribution in [-0.2, 0) is 6.54 Å². The van der Waals surface area contributed by atoms with E-state index >= 15 is 0 Å². The molecule has 1 heterocycles. The first-order chi connectivity index (χ1) is 10.3. The Morgan fingerprint density at radius 3 is 2.67 bits per heavy atom. The van der Waals surface area contributed by atoms with Crippen LogP contribution in [-0.4, -0.2) is 17.1 Å². The minimum Gasteiger partial charge on any atom is -0.497 e. The number of benzene rings is 2. The molecule has 0 aliphatic heterocycles. The molecular formula is C16H14FN3O. The number of hydrogen-bond donors (Lipinski definition) is 1. The third kappa shape index (κ3) is 2.76. The van der Waals surface area contributed by atoms with Crippen LogP contribution in [0.25, 0.3) is 10.9 Å². The van der Waals surface area contributed by atoms with Gasteiger partial charge in [-0.05, 0) is 29.8 Å². The van der Waals surface area contributed by atoms with Crippen molar-refractivity contribution < 1.29 is 9.13 Å². The van der Waals surface area contributed by atoms with E-state index in [0.717, 1.165) is 11.3 Å². The zero-order valence-corrected chi connectivity index (χ0v) is 11.5. The smallest absolute Gasteiger partial charge is 0.140 e. The lowest BCUT2D eigenvalue weighted by molar-refractivity contribution is 0.414. The predicted octanol–water partition coefficient (Wildman–Crippen LogP) is 3.39. The van der Waals surface area contributed by atoms with Crippen molar-refractivity contribution in [2.24, 2.45) is 0 Å². The monoisotopic (exact) mass is 283 g/mol. The van der Waals surface area contributed by atoms with Crippen molar-refractivity contribution in [3.63, 3.8) is 0 Å². The molecule has 2 aromatic carbocycles. The number of halogens is 1. The highest BCUT2D eigenvalue weighted by Crippen LogP contribution is 2.22. The molecule has 0 bridgehead atoms. The third-order valence-electron chi connectivity index (χ3n) is 3.23. The lowest BCUT2D eigenvalue weighted by Gasteiger charge is -2.09. The summed E-state index contributed by atoms with van der Waals surface area (Å²) in [7, 11) is 1.63. The molecule has 0 saturated carbocycles. The summed E-state index contributed by atoms with van der Waals surface area (Å²) in [6, 6.07) is 12.5. The largest absolute Gasteiger partial charge is 0.497 e. The fourth-order valence-electron chi connectivity index (χ4n) is 2.13. The summed E-state index contributed by atoms with van der Waals surface area (Å²) in [5, 5.41) is 3.56. The van der Waals surface area contributed by atoms with Crippen LogP contribution in [0, 0.1) is 5.82 Å². The van der Waals surface area contributed by atoms with Gasteiger partial charge in [0.2, 0.25) is 0 Å². The number of ether oxygens (including phenoxy) is 1. The van der Waals surface area contributed by atoms with Gasteiger partial charge in [0.15, 0.2) is 0 Å². The first-order valence-electron chi connectivity index (χ1n) is 6.54. The van der Waals surface area contributed by atoms with E-state index in [1.54, 1.807) is 19.2 Å². The molecule has 0 saturated heterocycles. The summed E-state index contributed by atoms with van der Waals surface area (Å²) < 4.78 is 19.0. The molecule has 3 aromatic rings. The summed E-state index contributed by atoms with van der Waals surface area (Å²) in [5.74, 6) is 0.969. The minimum absolute atomic E-state index is 0.328. The standard InChI is InChI=1S/C16H14FN3O/c1-21-12-7-5-11(6-8-12)9-18-16-15-13(17)3-2-4-14(15)19-10-20-16/h2-8,10H,9H2,1H3,(H,18,19,20). The molecule has 0 atom stereocenters.